The molecule has 1 aromatic heterocycles. The molecule has 3 rings (SSSR count). The second kappa shape index (κ2) is 8.75. The Labute approximate surface area is 166 Å². The normalized spacial score (nSPS) is 10.5. The van der Waals surface area contributed by atoms with Gasteiger partial charge in [-0.25, -0.2) is 9.37 Å². The zero-order chi connectivity index (χ0) is 20.1. The van der Waals surface area contributed by atoms with Gasteiger partial charge in [0.05, 0.1) is 5.69 Å². The maximum atomic E-state index is 12.9. The number of nitrogens with one attached hydrogen (secondary N) is 2. The minimum absolute atomic E-state index is 0.0812. The number of anilines is 2. The van der Waals surface area contributed by atoms with E-state index < -0.39 is 5.82 Å². The molecule has 0 aliphatic rings. The number of benzene rings is 2. The highest BCUT2D eigenvalue weighted by Crippen LogP contribution is 2.21. The average Bonchev–Trinajstić information content (AvgIpc) is 3.11. The van der Waals surface area contributed by atoms with Gasteiger partial charge in [0.15, 0.2) is 5.13 Å². The summed E-state index contributed by atoms with van der Waals surface area (Å²) in [6.07, 6.45) is 0.766. The Bertz CT molecular complexity index is 979. The lowest BCUT2D eigenvalue weighted by Gasteiger charge is -2.11. The second-order valence-electron chi connectivity index (χ2n) is 6.42. The maximum Gasteiger partial charge on any atom is 0.257 e. The molecular formula is C21H20FN3O2S. The van der Waals surface area contributed by atoms with E-state index in [1.807, 2.05) is 37.4 Å². The van der Waals surface area contributed by atoms with E-state index in [9.17, 15) is 14.0 Å². The summed E-state index contributed by atoms with van der Waals surface area (Å²) in [7, 11) is 0. The molecule has 0 saturated heterocycles. The number of aryl methyl sites for hydroxylation is 3. The van der Waals surface area contributed by atoms with Gasteiger partial charge in [-0.1, -0.05) is 18.2 Å². The van der Waals surface area contributed by atoms with Crippen molar-refractivity contribution in [3.05, 3.63) is 76.0 Å². The third kappa shape index (κ3) is 5.01. The van der Waals surface area contributed by atoms with Crippen LogP contribution in [0.15, 0.2) is 47.8 Å². The van der Waals surface area contributed by atoms with Crippen LogP contribution in [0.25, 0.3) is 0 Å². The summed E-state index contributed by atoms with van der Waals surface area (Å²) >= 11 is 1.29. The van der Waals surface area contributed by atoms with Crippen molar-refractivity contribution < 1.29 is 14.0 Å². The van der Waals surface area contributed by atoms with Crippen molar-refractivity contribution in [1.29, 1.82) is 0 Å². The van der Waals surface area contributed by atoms with Crippen molar-refractivity contribution >= 4 is 34.0 Å². The number of halogens is 1. The quantitative estimate of drug-likeness (QED) is 0.632. The summed E-state index contributed by atoms with van der Waals surface area (Å²) < 4.78 is 12.9. The van der Waals surface area contributed by atoms with Crippen LogP contribution in [0.3, 0.4) is 0 Å². The first-order valence-electron chi connectivity index (χ1n) is 8.80. The van der Waals surface area contributed by atoms with Crippen LogP contribution in [0.2, 0.25) is 0 Å². The lowest BCUT2D eigenvalue weighted by molar-refractivity contribution is -0.116. The molecule has 0 aliphatic carbocycles. The smallest absolute Gasteiger partial charge is 0.257 e. The zero-order valence-corrected chi connectivity index (χ0v) is 16.4. The predicted molar refractivity (Wildman–Crippen MR) is 109 cm³/mol. The lowest BCUT2D eigenvalue weighted by atomic mass is 10.1. The van der Waals surface area contributed by atoms with Gasteiger partial charge < -0.3 is 5.32 Å². The topological polar surface area (TPSA) is 71.1 Å². The van der Waals surface area contributed by atoms with Crippen molar-refractivity contribution in [2.75, 3.05) is 10.6 Å². The van der Waals surface area contributed by atoms with Gasteiger partial charge in [0.1, 0.15) is 5.82 Å². The van der Waals surface area contributed by atoms with Gasteiger partial charge >= 0.3 is 0 Å². The van der Waals surface area contributed by atoms with Crippen LogP contribution in [-0.4, -0.2) is 16.8 Å². The van der Waals surface area contributed by atoms with E-state index in [1.165, 1.54) is 35.6 Å². The molecule has 28 heavy (non-hydrogen) atoms. The predicted octanol–water partition coefficient (Wildman–Crippen LogP) is 4.72. The van der Waals surface area contributed by atoms with Crippen molar-refractivity contribution in [1.82, 2.24) is 4.98 Å². The third-order valence-corrected chi connectivity index (χ3v) is 5.04. The molecule has 2 amide bonds. The molecule has 144 valence electrons. The summed E-state index contributed by atoms with van der Waals surface area (Å²) in [5.41, 5.74) is 3.97. The Morgan fingerprint density at radius 3 is 2.39 bits per heavy atom. The molecule has 0 aliphatic heterocycles. The molecule has 0 atom stereocenters. The fourth-order valence-corrected chi connectivity index (χ4v) is 3.44. The van der Waals surface area contributed by atoms with Crippen LogP contribution in [0.4, 0.5) is 15.2 Å². The van der Waals surface area contributed by atoms with Crippen LogP contribution in [0, 0.1) is 19.7 Å². The van der Waals surface area contributed by atoms with Crippen LogP contribution in [0.1, 0.15) is 33.6 Å². The number of para-hydroxylation sites is 1. The van der Waals surface area contributed by atoms with Crippen LogP contribution < -0.4 is 10.6 Å². The average molecular weight is 397 g/mol. The number of hydrogen-bond donors (Lipinski definition) is 2. The van der Waals surface area contributed by atoms with Gasteiger partial charge in [0.2, 0.25) is 5.91 Å². The summed E-state index contributed by atoms with van der Waals surface area (Å²) in [6, 6.07) is 11.2. The van der Waals surface area contributed by atoms with E-state index in [2.05, 4.69) is 15.6 Å². The Hall–Kier alpha value is -3.06. The second-order valence-corrected chi connectivity index (χ2v) is 7.28. The van der Waals surface area contributed by atoms with Crippen molar-refractivity contribution in [3.63, 3.8) is 0 Å². The van der Waals surface area contributed by atoms with Crippen molar-refractivity contribution in [3.8, 4) is 0 Å². The molecule has 1 heterocycles. The fraction of sp³-hybridized carbons (Fsp3) is 0.190. The highest BCUT2D eigenvalue weighted by Gasteiger charge is 2.11. The molecular weight excluding hydrogens is 377 g/mol. The van der Waals surface area contributed by atoms with E-state index >= 15 is 0 Å². The van der Waals surface area contributed by atoms with Crippen molar-refractivity contribution in [2.45, 2.75) is 26.7 Å². The highest BCUT2D eigenvalue weighted by molar-refractivity contribution is 7.14. The Kier molecular flexibility index (Phi) is 6.16. The molecule has 0 radical (unpaired) electrons. The first-order chi connectivity index (χ1) is 13.4. The molecule has 0 fully saturated rings. The molecule has 0 unspecified atom stereocenters. The number of carbonyl (C=O) groups excluding carboxylic acids is 2. The molecule has 5 nitrogen and oxygen atoms in total. The van der Waals surface area contributed by atoms with Gasteiger partial charge in [0, 0.05) is 23.1 Å². The molecule has 7 heteroatoms. The minimum Gasteiger partial charge on any atom is -0.326 e. The Morgan fingerprint density at radius 2 is 1.71 bits per heavy atom. The largest absolute Gasteiger partial charge is 0.326 e. The Balaban J connectivity index is 1.54. The molecule has 2 aromatic carbocycles. The van der Waals surface area contributed by atoms with Gasteiger partial charge in [-0.3, -0.25) is 14.9 Å². The number of carbonyl (C=O) groups is 2. The van der Waals surface area contributed by atoms with Gasteiger partial charge in [-0.15, -0.1) is 11.3 Å². The minimum atomic E-state index is -0.396. The molecule has 2 N–H and O–H groups in total. The van der Waals surface area contributed by atoms with E-state index in [-0.39, 0.29) is 11.8 Å². The molecule has 0 saturated carbocycles. The fourth-order valence-electron chi connectivity index (χ4n) is 2.70. The molecule has 0 bridgehead atoms. The first-order valence-corrected chi connectivity index (χ1v) is 9.68. The van der Waals surface area contributed by atoms with E-state index in [1.54, 1.807) is 0 Å². The van der Waals surface area contributed by atoms with Crippen LogP contribution in [0.5, 0.6) is 0 Å². The zero-order valence-electron chi connectivity index (χ0n) is 15.6. The number of aromatic nitrogens is 1. The van der Waals surface area contributed by atoms with E-state index in [0.717, 1.165) is 22.5 Å². The van der Waals surface area contributed by atoms with Gasteiger partial charge in [-0.05, 0) is 55.7 Å². The lowest BCUT2D eigenvalue weighted by Crippen LogP contribution is -2.14. The number of rotatable bonds is 6. The Morgan fingerprint density at radius 1 is 1.04 bits per heavy atom. The van der Waals surface area contributed by atoms with E-state index in [4.69, 9.17) is 0 Å². The summed E-state index contributed by atoms with van der Waals surface area (Å²) in [5, 5.41) is 7.89. The van der Waals surface area contributed by atoms with Crippen LogP contribution >= 0.6 is 11.3 Å². The third-order valence-electron chi connectivity index (χ3n) is 4.23. The summed E-state index contributed by atoms with van der Waals surface area (Å²) in [6.45, 7) is 3.91. The number of thiazole rings is 1. The summed E-state index contributed by atoms with van der Waals surface area (Å²) in [4.78, 5) is 28.7. The van der Waals surface area contributed by atoms with Gasteiger partial charge in [0.25, 0.3) is 5.91 Å². The molecule has 0 spiro atoms. The first kappa shape index (κ1) is 19.7. The SMILES string of the molecule is Cc1cccc(C)c1NC(=O)CCc1csc(NC(=O)c2ccc(F)cc2)n1. The van der Waals surface area contributed by atoms with Crippen LogP contribution in [-0.2, 0) is 11.2 Å². The highest BCUT2D eigenvalue weighted by atomic mass is 32.1. The summed E-state index contributed by atoms with van der Waals surface area (Å²) in [5.74, 6) is -0.830. The van der Waals surface area contributed by atoms with Crippen molar-refractivity contribution in [2.24, 2.45) is 0 Å². The number of hydrogen-bond acceptors (Lipinski definition) is 4. The van der Waals surface area contributed by atoms with E-state index in [0.29, 0.717) is 23.5 Å². The maximum absolute atomic E-state index is 12.9. The van der Waals surface area contributed by atoms with Gasteiger partial charge in [-0.2, -0.15) is 0 Å². The standard InChI is InChI=1S/C21H20FN3O2S/c1-13-4-3-5-14(2)19(13)24-18(26)11-10-17-12-28-21(23-17)25-20(27)15-6-8-16(22)9-7-15/h3-9,12H,10-11H2,1-2H3,(H,24,26)(H,23,25,27). The number of nitrogens with zero attached hydrogens (tertiary/aromatic N) is 1. The number of amides is 2. The monoisotopic (exact) mass is 397 g/mol. The molecule has 3 aromatic rings.